The number of pyridine rings is 1. The van der Waals surface area contributed by atoms with E-state index in [1.165, 1.54) is 0 Å². The number of nitrogens with one attached hydrogen (secondary N) is 2. The van der Waals surface area contributed by atoms with E-state index >= 15 is 0 Å². The zero-order chi connectivity index (χ0) is 38.7. The zero-order valence-corrected chi connectivity index (χ0v) is 32.2. The largest absolute Gasteiger partial charge is 0.374 e. The molecule has 4 aliphatic rings. The molecule has 15 nitrogen and oxygen atoms in total. The molecule has 5 aromatic rings. The molecule has 3 saturated heterocycles. The lowest BCUT2D eigenvalue weighted by molar-refractivity contribution is -0.135. The van der Waals surface area contributed by atoms with Crippen molar-refractivity contribution in [2.75, 3.05) is 44.0 Å². The highest BCUT2D eigenvalue weighted by molar-refractivity contribution is 6.01. The van der Waals surface area contributed by atoms with Crippen molar-refractivity contribution in [3.8, 4) is 0 Å². The van der Waals surface area contributed by atoms with E-state index in [9.17, 15) is 19.2 Å². The molecule has 56 heavy (non-hydrogen) atoms. The first kappa shape index (κ1) is 36.1. The van der Waals surface area contributed by atoms with Crippen LogP contribution >= 0.6 is 0 Å². The first-order valence-corrected chi connectivity index (χ1v) is 19.8. The number of hydrogen-bond donors (Lipinski definition) is 2. The summed E-state index contributed by atoms with van der Waals surface area (Å²) in [6, 6.07) is 11.4. The standard InChI is InChI=1S/C41H48N10O5/c1-47(2)38(54)32-21-27-23-43-39(46-36(27)50(32)28-7-4-5-8-28)44-33-13-11-25(22-42-33)26-15-16-41(56-24-26)17-19-49(20-18-41)29-9-6-10-30-35(29)48(3)40(55)51(30)31-12-14-34(52)45-37(31)53/h6,9-11,13,21-23,26,28,31H,4-5,7-8,12,14-20,24H2,1-3H3,(H,45,52,53)(H,42,43,44,46)/t26-,31-/m1/s1. The average Bonchev–Trinajstić information content (AvgIpc) is 3.93. The Hall–Kier alpha value is -5.57. The number of rotatable bonds is 7. The van der Waals surface area contributed by atoms with Crippen LogP contribution in [0.15, 0.2) is 53.6 Å². The minimum atomic E-state index is -0.713. The first-order chi connectivity index (χ1) is 27.1. The molecule has 1 aromatic carbocycles. The molecular formula is C41H48N10O5. The van der Waals surface area contributed by atoms with Gasteiger partial charge in [-0.25, -0.2) is 14.8 Å². The summed E-state index contributed by atoms with van der Waals surface area (Å²) in [5.74, 6) is 0.567. The van der Waals surface area contributed by atoms with Gasteiger partial charge >= 0.3 is 5.69 Å². The Balaban J connectivity index is 0.845. The minimum Gasteiger partial charge on any atom is -0.374 e. The average molecular weight is 761 g/mol. The number of piperidine rings is 2. The van der Waals surface area contributed by atoms with Gasteiger partial charge in [0.25, 0.3) is 5.91 Å². The number of aryl methyl sites for hydroxylation is 1. The van der Waals surface area contributed by atoms with Crippen LogP contribution in [0.1, 0.15) is 98.3 Å². The number of nitrogens with zero attached hydrogens (tertiary/aromatic N) is 8. The SMILES string of the molecule is CN(C)C(=O)c1cc2cnc(Nc3ccc([C@@H]4CCC5(CCN(c6cccc7c6n(C)c(=O)n7[C@@H]6CCC(=O)NC6=O)CC5)OC4)cn3)nc2n1C1CCCC1. The van der Waals surface area contributed by atoms with Gasteiger partial charge in [0.15, 0.2) is 0 Å². The molecule has 0 radical (unpaired) electrons. The third-order valence-electron chi connectivity index (χ3n) is 12.5. The molecule has 0 bridgehead atoms. The van der Waals surface area contributed by atoms with Gasteiger partial charge in [-0.05, 0) is 74.8 Å². The molecule has 1 aliphatic carbocycles. The monoisotopic (exact) mass is 760 g/mol. The Kier molecular flexibility index (Phi) is 9.14. The molecule has 2 atom stereocenters. The van der Waals surface area contributed by atoms with E-state index in [0.717, 1.165) is 92.3 Å². The van der Waals surface area contributed by atoms with Crippen LogP contribution < -0.4 is 21.2 Å². The van der Waals surface area contributed by atoms with E-state index in [-0.39, 0.29) is 41.5 Å². The zero-order valence-electron chi connectivity index (χ0n) is 32.2. The molecule has 3 aliphatic heterocycles. The van der Waals surface area contributed by atoms with Gasteiger partial charge < -0.3 is 24.4 Å². The number of carbonyl (C=O) groups is 3. The summed E-state index contributed by atoms with van der Waals surface area (Å²) < 4.78 is 12.0. The van der Waals surface area contributed by atoms with Crippen molar-refractivity contribution in [3.63, 3.8) is 0 Å². The lowest BCUT2D eigenvalue weighted by Crippen LogP contribution is -2.48. The summed E-state index contributed by atoms with van der Waals surface area (Å²) in [5, 5.41) is 6.52. The summed E-state index contributed by atoms with van der Waals surface area (Å²) in [4.78, 5) is 69.2. The van der Waals surface area contributed by atoms with Crippen molar-refractivity contribution >= 4 is 57.2 Å². The number of fused-ring (bicyclic) bond motifs is 2. The van der Waals surface area contributed by atoms with Crippen molar-refractivity contribution < 1.29 is 19.1 Å². The Labute approximate surface area is 324 Å². The van der Waals surface area contributed by atoms with E-state index in [0.29, 0.717) is 36.0 Å². The highest BCUT2D eigenvalue weighted by Crippen LogP contribution is 2.42. The van der Waals surface area contributed by atoms with Gasteiger partial charge in [0.05, 0.1) is 28.9 Å². The van der Waals surface area contributed by atoms with Crippen LogP contribution in [-0.2, 0) is 21.4 Å². The van der Waals surface area contributed by atoms with Crippen molar-refractivity contribution in [1.82, 2.24) is 38.9 Å². The maximum atomic E-state index is 13.5. The molecule has 292 valence electrons. The second kappa shape index (κ2) is 14.2. The maximum absolute atomic E-state index is 13.5. The fraction of sp³-hybridized carbons (Fsp3) is 0.488. The van der Waals surface area contributed by atoms with Crippen LogP contribution in [0, 0.1) is 0 Å². The Morgan fingerprint density at radius 2 is 1.77 bits per heavy atom. The first-order valence-electron chi connectivity index (χ1n) is 19.8. The van der Waals surface area contributed by atoms with Gasteiger partial charge in [-0.2, -0.15) is 4.98 Å². The van der Waals surface area contributed by atoms with Gasteiger partial charge in [-0.3, -0.25) is 28.8 Å². The minimum absolute atomic E-state index is 0.0341. The van der Waals surface area contributed by atoms with Crippen LogP contribution in [0.25, 0.3) is 22.1 Å². The Bertz CT molecular complexity index is 2390. The molecular weight excluding hydrogens is 713 g/mol. The smallest absolute Gasteiger partial charge is 0.329 e. The predicted octanol–water partition coefficient (Wildman–Crippen LogP) is 4.95. The number of hydrogen-bond acceptors (Lipinski definition) is 10. The highest BCUT2D eigenvalue weighted by Gasteiger charge is 2.40. The van der Waals surface area contributed by atoms with Gasteiger partial charge in [0.1, 0.15) is 23.2 Å². The topological polar surface area (TPSA) is 162 Å². The maximum Gasteiger partial charge on any atom is 0.329 e. The molecule has 2 N–H and O–H groups in total. The summed E-state index contributed by atoms with van der Waals surface area (Å²) in [5.41, 5.74) is 4.56. The van der Waals surface area contributed by atoms with E-state index < -0.39 is 11.9 Å². The number of amides is 3. The van der Waals surface area contributed by atoms with Crippen molar-refractivity contribution in [2.24, 2.45) is 7.05 Å². The molecule has 7 heterocycles. The predicted molar refractivity (Wildman–Crippen MR) is 211 cm³/mol. The Morgan fingerprint density at radius 1 is 0.964 bits per heavy atom. The van der Waals surface area contributed by atoms with Gasteiger partial charge in [-0.15, -0.1) is 0 Å². The molecule has 1 saturated carbocycles. The third-order valence-corrected chi connectivity index (χ3v) is 12.5. The molecule has 1 spiro atoms. The number of aromatic nitrogens is 6. The fourth-order valence-corrected chi connectivity index (χ4v) is 9.41. The lowest BCUT2D eigenvalue weighted by Gasteiger charge is -2.46. The van der Waals surface area contributed by atoms with E-state index in [1.54, 1.807) is 41.4 Å². The summed E-state index contributed by atoms with van der Waals surface area (Å²) >= 11 is 0. The van der Waals surface area contributed by atoms with Gasteiger partial charge in [0, 0.05) is 70.4 Å². The third kappa shape index (κ3) is 6.31. The molecule has 4 aromatic heterocycles. The van der Waals surface area contributed by atoms with Crippen LogP contribution in [0.5, 0.6) is 0 Å². The Morgan fingerprint density at radius 3 is 2.46 bits per heavy atom. The molecule has 9 rings (SSSR count). The summed E-state index contributed by atoms with van der Waals surface area (Å²) in [7, 11) is 5.30. The van der Waals surface area contributed by atoms with E-state index in [1.807, 2.05) is 36.5 Å². The van der Waals surface area contributed by atoms with Gasteiger partial charge in [-0.1, -0.05) is 25.0 Å². The van der Waals surface area contributed by atoms with Crippen molar-refractivity contribution in [1.29, 1.82) is 0 Å². The van der Waals surface area contributed by atoms with E-state index in [4.69, 9.17) is 14.7 Å². The van der Waals surface area contributed by atoms with Crippen LogP contribution in [0.2, 0.25) is 0 Å². The number of imidazole rings is 1. The summed E-state index contributed by atoms with van der Waals surface area (Å²) in [6.45, 7) is 2.20. The molecule has 0 unspecified atom stereocenters. The van der Waals surface area contributed by atoms with Crippen molar-refractivity contribution in [3.05, 3.63) is 70.5 Å². The van der Waals surface area contributed by atoms with Crippen molar-refractivity contribution in [2.45, 2.75) is 87.8 Å². The van der Waals surface area contributed by atoms with Crippen LogP contribution in [-0.4, -0.2) is 90.7 Å². The highest BCUT2D eigenvalue weighted by atomic mass is 16.5. The number of ether oxygens (including phenoxy) is 1. The fourth-order valence-electron chi connectivity index (χ4n) is 9.41. The normalized spacial score (nSPS) is 21.6. The molecule has 15 heteroatoms. The quantitative estimate of drug-likeness (QED) is 0.217. The van der Waals surface area contributed by atoms with E-state index in [2.05, 4.69) is 31.2 Å². The number of imide groups is 1. The second-order valence-electron chi connectivity index (χ2n) is 16.2. The lowest BCUT2D eigenvalue weighted by atomic mass is 9.80. The van der Waals surface area contributed by atoms with Gasteiger partial charge in [0.2, 0.25) is 17.8 Å². The van der Waals surface area contributed by atoms with Crippen LogP contribution in [0.3, 0.4) is 0 Å². The number of para-hydroxylation sites is 1. The number of benzene rings is 1. The number of anilines is 3. The molecule has 4 fully saturated rings. The molecule has 3 amide bonds. The second-order valence-corrected chi connectivity index (χ2v) is 16.2. The number of carbonyl (C=O) groups excluding carboxylic acids is 3. The van der Waals surface area contributed by atoms with Crippen LogP contribution in [0.4, 0.5) is 17.5 Å². The summed E-state index contributed by atoms with van der Waals surface area (Å²) in [6.07, 6.45) is 12.3.